The molecule has 2 rings (SSSR count). The van der Waals surface area contributed by atoms with E-state index in [4.69, 9.17) is 0 Å². The van der Waals surface area contributed by atoms with Gasteiger partial charge in [0.05, 0.1) is 0 Å². The van der Waals surface area contributed by atoms with Gasteiger partial charge in [-0.25, -0.2) is 0 Å². The fraction of sp³-hybridized carbons (Fsp3) is 0.125. The average molecular weight is 225 g/mol. The zero-order chi connectivity index (χ0) is 11.4. The molecule has 0 radical (unpaired) electrons. The molecule has 0 amide bonds. The quantitative estimate of drug-likeness (QED) is 0.772. The van der Waals surface area contributed by atoms with Crippen molar-refractivity contribution in [2.75, 3.05) is 0 Å². The first kappa shape index (κ1) is 13.2. The summed E-state index contributed by atoms with van der Waals surface area (Å²) in [7, 11) is 0. The number of hydrogen-bond acceptors (Lipinski definition) is 1. The summed E-state index contributed by atoms with van der Waals surface area (Å²) in [5.41, 5.74) is 5.22. The molecule has 0 spiro atoms. The van der Waals surface area contributed by atoms with E-state index >= 15 is 0 Å². The second-order valence-electron chi connectivity index (χ2n) is 3.88. The summed E-state index contributed by atoms with van der Waals surface area (Å²) < 4.78 is 0. The molecular formula is C16H19N. The molecule has 0 aliphatic rings. The first-order valence-corrected chi connectivity index (χ1v) is 5.60. The van der Waals surface area contributed by atoms with E-state index in [2.05, 4.69) is 74.5 Å². The highest BCUT2D eigenvalue weighted by atomic mass is 14.1. The van der Waals surface area contributed by atoms with E-state index in [0.29, 0.717) is 0 Å². The van der Waals surface area contributed by atoms with Crippen molar-refractivity contribution >= 4 is 5.57 Å². The van der Waals surface area contributed by atoms with Crippen LogP contribution in [0.5, 0.6) is 0 Å². The monoisotopic (exact) mass is 225 g/mol. The Hall–Kier alpha value is -1.86. The highest BCUT2D eigenvalue weighted by Gasteiger charge is 2.04. The van der Waals surface area contributed by atoms with Gasteiger partial charge in [0.15, 0.2) is 0 Å². The van der Waals surface area contributed by atoms with Gasteiger partial charge in [-0.1, -0.05) is 60.7 Å². The van der Waals surface area contributed by atoms with Crippen molar-refractivity contribution in [3.05, 3.63) is 66.2 Å². The summed E-state index contributed by atoms with van der Waals surface area (Å²) in [5, 5.41) is 0. The highest BCUT2D eigenvalue weighted by Crippen LogP contribution is 2.28. The van der Waals surface area contributed by atoms with Gasteiger partial charge in [0, 0.05) is 0 Å². The third-order valence-electron chi connectivity index (χ3n) is 2.87. The standard InChI is InChI=1S/C16H16.H3N/c1-3-13(2)15-11-7-8-12-16(15)14-9-5-4-6-10-14;/h3-12H,1-2H3;1H3. The molecule has 0 heterocycles. The van der Waals surface area contributed by atoms with E-state index in [1.54, 1.807) is 0 Å². The van der Waals surface area contributed by atoms with Crippen LogP contribution in [0.4, 0.5) is 0 Å². The number of rotatable bonds is 2. The predicted molar refractivity (Wildman–Crippen MR) is 76.2 cm³/mol. The van der Waals surface area contributed by atoms with Gasteiger partial charge >= 0.3 is 0 Å². The predicted octanol–water partition coefficient (Wildman–Crippen LogP) is 4.94. The van der Waals surface area contributed by atoms with Crippen LogP contribution >= 0.6 is 0 Å². The van der Waals surface area contributed by atoms with Crippen molar-refractivity contribution in [3.8, 4) is 11.1 Å². The van der Waals surface area contributed by atoms with Crippen LogP contribution in [0.3, 0.4) is 0 Å². The summed E-state index contributed by atoms with van der Waals surface area (Å²) >= 11 is 0. The minimum atomic E-state index is 0. The summed E-state index contributed by atoms with van der Waals surface area (Å²) in [5.74, 6) is 0. The summed E-state index contributed by atoms with van der Waals surface area (Å²) in [6.07, 6.45) is 2.15. The average Bonchev–Trinajstić information content (AvgIpc) is 2.39. The molecule has 0 aliphatic carbocycles. The first-order chi connectivity index (χ1) is 7.83. The maximum atomic E-state index is 2.18. The normalized spacial score (nSPS) is 10.8. The zero-order valence-corrected chi connectivity index (χ0v) is 10.5. The summed E-state index contributed by atoms with van der Waals surface area (Å²) in [6, 6.07) is 19.1. The van der Waals surface area contributed by atoms with Crippen LogP contribution in [-0.2, 0) is 0 Å². The highest BCUT2D eigenvalue weighted by molar-refractivity contribution is 5.80. The van der Waals surface area contributed by atoms with Gasteiger partial charge in [0.25, 0.3) is 0 Å². The van der Waals surface area contributed by atoms with Crippen molar-refractivity contribution in [1.29, 1.82) is 0 Å². The lowest BCUT2D eigenvalue weighted by atomic mass is 9.95. The molecule has 0 fully saturated rings. The molecule has 0 saturated carbocycles. The van der Waals surface area contributed by atoms with E-state index in [9.17, 15) is 0 Å². The van der Waals surface area contributed by atoms with E-state index in [1.807, 2.05) is 0 Å². The maximum Gasteiger partial charge on any atom is -0.0109 e. The lowest BCUT2D eigenvalue weighted by Crippen LogP contribution is -1.86. The summed E-state index contributed by atoms with van der Waals surface area (Å²) in [4.78, 5) is 0. The third kappa shape index (κ3) is 2.83. The molecule has 2 aromatic carbocycles. The molecule has 3 N–H and O–H groups in total. The SMILES string of the molecule is CC=C(C)c1ccccc1-c1ccccc1.N. The molecule has 88 valence electrons. The van der Waals surface area contributed by atoms with Crippen molar-refractivity contribution < 1.29 is 0 Å². The van der Waals surface area contributed by atoms with Crippen LogP contribution < -0.4 is 6.15 Å². The number of allylic oxidation sites excluding steroid dienone is 2. The zero-order valence-electron chi connectivity index (χ0n) is 10.5. The van der Waals surface area contributed by atoms with E-state index in [-0.39, 0.29) is 6.15 Å². The Bertz CT molecular complexity index is 498. The third-order valence-corrected chi connectivity index (χ3v) is 2.87. The van der Waals surface area contributed by atoms with Crippen LogP contribution in [0.1, 0.15) is 19.4 Å². The smallest absolute Gasteiger partial charge is 0.0109 e. The molecular weight excluding hydrogens is 206 g/mol. The molecule has 1 nitrogen and oxygen atoms in total. The molecule has 1 heteroatoms. The second kappa shape index (κ2) is 6.02. The molecule has 2 aromatic rings. The van der Waals surface area contributed by atoms with Gasteiger partial charge in [-0.05, 0) is 36.1 Å². The van der Waals surface area contributed by atoms with E-state index in [0.717, 1.165) is 0 Å². The minimum absolute atomic E-state index is 0. The Morgan fingerprint density at radius 2 is 1.47 bits per heavy atom. The maximum absolute atomic E-state index is 2.18. The van der Waals surface area contributed by atoms with Crippen molar-refractivity contribution in [1.82, 2.24) is 6.15 Å². The molecule has 0 aromatic heterocycles. The fourth-order valence-corrected chi connectivity index (χ4v) is 1.85. The Morgan fingerprint density at radius 3 is 2.12 bits per heavy atom. The minimum Gasteiger partial charge on any atom is -0.344 e. The van der Waals surface area contributed by atoms with Gasteiger partial charge in [0.2, 0.25) is 0 Å². The molecule has 0 unspecified atom stereocenters. The lowest BCUT2D eigenvalue weighted by molar-refractivity contribution is 1.52. The van der Waals surface area contributed by atoms with Gasteiger partial charge < -0.3 is 6.15 Å². The summed E-state index contributed by atoms with van der Waals surface area (Å²) in [6.45, 7) is 4.23. The second-order valence-corrected chi connectivity index (χ2v) is 3.88. The van der Waals surface area contributed by atoms with Gasteiger partial charge in [-0.2, -0.15) is 0 Å². The van der Waals surface area contributed by atoms with Gasteiger partial charge in [0.1, 0.15) is 0 Å². The molecule has 0 atom stereocenters. The topological polar surface area (TPSA) is 35.0 Å². The number of hydrogen-bond donors (Lipinski definition) is 1. The van der Waals surface area contributed by atoms with Crippen LogP contribution in [0, 0.1) is 0 Å². The van der Waals surface area contributed by atoms with E-state index in [1.165, 1.54) is 22.3 Å². The Morgan fingerprint density at radius 1 is 0.882 bits per heavy atom. The van der Waals surface area contributed by atoms with Crippen LogP contribution in [0.2, 0.25) is 0 Å². The lowest BCUT2D eigenvalue weighted by Gasteiger charge is -2.09. The molecule has 0 bridgehead atoms. The first-order valence-electron chi connectivity index (χ1n) is 5.60. The van der Waals surface area contributed by atoms with Gasteiger partial charge in [-0.3, -0.25) is 0 Å². The van der Waals surface area contributed by atoms with E-state index < -0.39 is 0 Å². The molecule has 17 heavy (non-hydrogen) atoms. The van der Waals surface area contributed by atoms with Crippen molar-refractivity contribution in [3.63, 3.8) is 0 Å². The molecule has 0 aliphatic heterocycles. The number of benzene rings is 2. The Kier molecular flexibility index (Phi) is 4.68. The van der Waals surface area contributed by atoms with Crippen LogP contribution in [0.25, 0.3) is 16.7 Å². The Balaban J connectivity index is 0.00000144. The van der Waals surface area contributed by atoms with Crippen LogP contribution in [0.15, 0.2) is 60.7 Å². The largest absolute Gasteiger partial charge is 0.344 e. The van der Waals surface area contributed by atoms with Crippen molar-refractivity contribution in [2.24, 2.45) is 0 Å². The van der Waals surface area contributed by atoms with Crippen LogP contribution in [-0.4, -0.2) is 0 Å². The fourth-order valence-electron chi connectivity index (χ4n) is 1.85. The van der Waals surface area contributed by atoms with Crippen molar-refractivity contribution in [2.45, 2.75) is 13.8 Å². The van der Waals surface area contributed by atoms with Gasteiger partial charge in [-0.15, -0.1) is 0 Å². The Labute approximate surface area is 103 Å². The molecule has 0 saturated heterocycles.